The lowest BCUT2D eigenvalue weighted by Crippen LogP contribution is -2.02. The highest BCUT2D eigenvalue weighted by Crippen LogP contribution is 2.30. The summed E-state index contributed by atoms with van der Waals surface area (Å²) in [5, 5.41) is 27.3. The largest absolute Gasteiger partial charge is 0.455 e. The summed E-state index contributed by atoms with van der Waals surface area (Å²) in [4.78, 5) is 1.54. The Kier molecular flexibility index (Phi) is 4.00. The van der Waals surface area contributed by atoms with E-state index in [0.717, 1.165) is 16.6 Å². The molecule has 1 heterocycles. The molecule has 0 unspecified atom stereocenters. The van der Waals surface area contributed by atoms with Crippen LogP contribution in [0.2, 0.25) is 0 Å². The molecule has 0 aliphatic rings. The van der Waals surface area contributed by atoms with E-state index in [-0.39, 0.29) is 5.56 Å². The molecule has 0 bridgehead atoms. The molecule has 0 aliphatic heterocycles. The molecule has 0 N–H and O–H groups in total. The normalized spacial score (nSPS) is 10.3. The van der Waals surface area contributed by atoms with Gasteiger partial charge in [0, 0.05) is 0 Å². The Bertz CT molecular complexity index is 1210. The molecular formula is C21H13N5O. The summed E-state index contributed by atoms with van der Waals surface area (Å²) in [5.74, 6) is 1.02. The quantitative estimate of drug-likeness (QED) is 0.550. The van der Waals surface area contributed by atoms with Gasteiger partial charge in [0.05, 0.1) is 11.1 Å². The van der Waals surface area contributed by atoms with Gasteiger partial charge < -0.3 is 4.74 Å². The van der Waals surface area contributed by atoms with Crippen LogP contribution in [0.15, 0.2) is 60.7 Å². The molecule has 0 saturated carbocycles. The number of ether oxygens (including phenoxy) is 1. The zero-order chi connectivity index (χ0) is 18.8. The number of nitrogens with zero attached hydrogens (tertiary/aromatic N) is 5. The van der Waals surface area contributed by atoms with Gasteiger partial charge >= 0.3 is 0 Å². The highest BCUT2D eigenvalue weighted by Gasteiger charge is 2.12. The van der Waals surface area contributed by atoms with Crippen LogP contribution >= 0.6 is 0 Å². The van der Waals surface area contributed by atoms with E-state index in [0.29, 0.717) is 22.7 Å². The standard InChI is InChI=1S/C21H13N5O/c1-14-6-9-21(27-17-8-7-15(12-22)16(11-17)13-23)20(10-14)26-24-18-4-2-3-5-19(18)25-26/h2-11H,1H3. The second kappa shape index (κ2) is 6.62. The van der Waals surface area contributed by atoms with Crippen LogP contribution in [-0.2, 0) is 0 Å². The van der Waals surface area contributed by atoms with Gasteiger partial charge in [0.1, 0.15) is 34.6 Å². The zero-order valence-corrected chi connectivity index (χ0v) is 14.4. The molecule has 4 aromatic rings. The lowest BCUT2D eigenvalue weighted by molar-refractivity contribution is 0.475. The summed E-state index contributed by atoms with van der Waals surface area (Å²) in [7, 11) is 0. The summed E-state index contributed by atoms with van der Waals surface area (Å²) >= 11 is 0. The summed E-state index contributed by atoms with van der Waals surface area (Å²) in [6.07, 6.45) is 0. The number of hydrogen-bond acceptors (Lipinski definition) is 5. The van der Waals surface area contributed by atoms with Gasteiger partial charge in [0.25, 0.3) is 0 Å². The monoisotopic (exact) mass is 351 g/mol. The van der Waals surface area contributed by atoms with Crippen molar-refractivity contribution in [1.29, 1.82) is 10.5 Å². The molecule has 3 aromatic carbocycles. The second-order valence-corrected chi connectivity index (χ2v) is 5.98. The first-order valence-corrected chi connectivity index (χ1v) is 8.23. The van der Waals surface area contributed by atoms with Crippen LogP contribution in [0.1, 0.15) is 16.7 Å². The van der Waals surface area contributed by atoms with Crippen LogP contribution in [0.25, 0.3) is 16.7 Å². The molecule has 0 aliphatic carbocycles. The van der Waals surface area contributed by atoms with E-state index in [1.165, 1.54) is 0 Å². The number of hydrogen-bond donors (Lipinski definition) is 0. The molecule has 0 amide bonds. The fourth-order valence-electron chi connectivity index (χ4n) is 2.74. The van der Waals surface area contributed by atoms with Gasteiger partial charge in [-0.1, -0.05) is 18.2 Å². The first-order valence-electron chi connectivity index (χ1n) is 8.23. The van der Waals surface area contributed by atoms with Crippen LogP contribution in [0.5, 0.6) is 11.5 Å². The van der Waals surface area contributed by atoms with Crippen molar-refractivity contribution in [2.75, 3.05) is 0 Å². The Labute approximate surface area is 155 Å². The Morgan fingerprint density at radius 2 is 1.56 bits per heavy atom. The summed E-state index contributed by atoms with van der Waals surface area (Å²) in [6.45, 7) is 1.98. The fraction of sp³-hybridized carbons (Fsp3) is 0.0476. The van der Waals surface area contributed by atoms with Crippen LogP contribution in [0.3, 0.4) is 0 Å². The predicted molar refractivity (Wildman–Crippen MR) is 99.5 cm³/mol. The molecular weight excluding hydrogens is 338 g/mol. The van der Waals surface area contributed by atoms with Crippen molar-refractivity contribution < 1.29 is 4.74 Å². The minimum Gasteiger partial charge on any atom is -0.455 e. The lowest BCUT2D eigenvalue weighted by Gasteiger charge is -2.11. The third-order valence-corrected chi connectivity index (χ3v) is 4.08. The molecule has 0 atom stereocenters. The second-order valence-electron chi connectivity index (χ2n) is 5.98. The van der Waals surface area contributed by atoms with Crippen molar-refractivity contribution in [3.8, 4) is 29.3 Å². The Morgan fingerprint density at radius 3 is 2.22 bits per heavy atom. The molecule has 1 aromatic heterocycles. The van der Waals surface area contributed by atoms with E-state index in [2.05, 4.69) is 10.2 Å². The highest BCUT2D eigenvalue weighted by molar-refractivity contribution is 5.73. The van der Waals surface area contributed by atoms with Crippen LogP contribution in [-0.4, -0.2) is 15.0 Å². The van der Waals surface area contributed by atoms with Gasteiger partial charge in [-0.2, -0.15) is 10.5 Å². The molecule has 0 spiro atoms. The van der Waals surface area contributed by atoms with E-state index in [4.69, 9.17) is 10.00 Å². The minimum absolute atomic E-state index is 0.270. The molecule has 0 radical (unpaired) electrons. The van der Waals surface area contributed by atoms with Crippen LogP contribution < -0.4 is 4.74 Å². The molecule has 27 heavy (non-hydrogen) atoms. The fourth-order valence-corrected chi connectivity index (χ4v) is 2.74. The Balaban J connectivity index is 1.78. The van der Waals surface area contributed by atoms with Gasteiger partial charge in [0.2, 0.25) is 0 Å². The first kappa shape index (κ1) is 16.3. The lowest BCUT2D eigenvalue weighted by atomic mass is 10.1. The highest BCUT2D eigenvalue weighted by atomic mass is 16.5. The van der Waals surface area contributed by atoms with E-state index in [1.807, 2.05) is 61.5 Å². The third-order valence-electron chi connectivity index (χ3n) is 4.08. The maximum atomic E-state index is 9.21. The maximum absolute atomic E-state index is 9.21. The molecule has 6 nitrogen and oxygen atoms in total. The number of aryl methyl sites for hydroxylation is 1. The summed E-state index contributed by atoms with van der Waals surface area (Å²) < 4.78 is 6.00. The van der Waals surface area contributed by atoms with Crippen LogP contribution in [0.4, 0.5) is 0 Å². The molecule has 4 rings (SSSR count). The van der Waals surface area contributed by atoms with Gasteiger partial charge in [-0.3, -0.25) is 0 Å². The number of rotatable bonds is 3. The minimum atomic E-state index is 0.270. The number of aromatic nitrogens is 3. The maximum Gasteiger partial charge on any atom is 0.154 e. The van der Waals surface area contributed by atoms with Crippen molar-refractivity contribution >= 4 is 11.0 Å². The summed E-state index contributed by atoms with van der Waals surface area (Å²) in [5.41, 5.74) is 3.89. The van der Waals surface area contributed by atoms with Gasteiger partial charge in [0.15, 0.2) is 5.75 Å². The smallest absolute Gasteiger partial charge is 0.154 e. The third kappa shape index (κ3) is 3.08. The Morgan fingerprint density at radius 1 is 0.852 bits per heavy atom. The van der Waals surface area contributed by atoms with E-state index in [9.17, 15) is 5.26 Å². The van der Waals surface area contributed by atoms with Gasteiger partial charge in [-0.25, -0.2) is 0 Å². The molecule has 6 heteroatoms. The van der Waals surface area contributed by atoms with Gasteiger partial charge in [-0.15, -0.1) is 15.0 Å². The van der Waals surface area contributed by atoms with Crippen molar-refractivity contribution in [3.05, 3.63) is 77.4 Å². The molecule has 128 valence electrons. The van der Waals surface area contributed by atoms with E-state index >= 15 is 0 Å². The summed E-state index contributed by atoms with van der Waals surface area (Å²) in [6, 6.07) is 22.1. The predicted octanol–water partition coefficient (Wildman–Crippen LogP) is 4.26. The molecule has 0 fully saturated rings. The average Bonchev–Trinajstić information content (AvgIpc) is 3.13. The van der Waals surface area contributed by atoms with Gasteiger partial charge in [-0.05, 0) is 55.0 Å². The first-order chi connectivity index (χ1) is 13.2. The molecule has 0 saturated heterocycles. The number of nitriles is 2. The SMILES string of the molecule is Cc1ccc(Oc2ccc(C#N)c(C#N)c2)c(-n2nc3ccccc3n2)c1. The van der Waals surface area contributed by atoms with E-state index in [1.54, 1.807) is 23.0 Å². The van der Waals surface area contributed by atoms with Crippen molar-refractivity contribution in [3.63, 3.8) is 0 Å². The van der Waals surface area contributed by atoms with Crippen LogP contribution in [0, 0.1) is 29.6 Å². The number of benzene rings is 3. The Hall–Kier alpha value is -4.16. The number of fused-ring (bicyclic) bond motifs is 1. The topological polar surface area (TPSA) is 87.5 Å². The average molecular weight is 351 g/mol. The van der Waals surface area contributed by atoms with Crippen molar-refractivity contribution in [2.45, 2.75) is 6.92 Å². The zero-order valence-electron chi connectivity index (χ0n) is 14.4. The van der Waals surface area contributed by atoms with E-state index < -0.39 is 0 Å². The van der Waals surface area contributed by atoms with Crippen molar-refractivity contribution in [1.82, 2.24) is 15.0 Å². The van der Waals surface area contributed by atoms with Crippen molar-refractivity contribution in [2.24, 2.45) is 0 Å².